The number of nitrogens with zero attached hydrogens (tertiary/aromatic N) is 1. The van der Waals surface area contributed by atoms with E-state index in [1.807, 2.05) is 54.6 Å². The zero-order valence-corrected chi connectivity index (χ0v) is 15.3. The Bertz CT molecular complexity index is 908. The highest BCUT2D eigenvalue weighted by atomic mass is 16.3. The Morgan fingerprint density at radius 1 is 0.926 bits per heavy atom. The van der Waals surface area contributed by atoms with Crippen LogP contribution in [0.5, 0.6) is 5.75 Å². The van der Waals surface area contributed by atoms with Crippen molar-refractivity contribution in [1.82, 2.24) is 5.43 Å². The van der Waals surface area contributed by atoms with Gasteiger partial charge < -0.3 is 16.6 Å². The topological polar surface area (TPSA) is 123 Å². The van der Waals surface area contributed by atoms with Crippen LogP contribution in [0.4, 0.5) is 11.4 Å². The lowest BCUT2D eigenvalue weighted by Crippen LogP contribution is -2.13. The number of amidine groups is 1. The summed E-state index contributed by atoms with van der Waals surface area (Å²) >= 11 is 0. The van der Waals surface area contributed by atoms with Crippen LogP contribution >= 0.6 is 0 Å². The minimum absolute atomic E-state index is 0.114. The quantitative estimate of drug-likeness (QED) is 0.160. The summed E-state index contributed by atoms with van der Waals surface area (Å²) in [4.78, 5) is 4.51. The summed E-state index contributed by atoms with van der Waals surface area (Å²) in [6.45, 7) is 0. The predicted octanol–water partition coefficient (Wildman–Crippen LogP) is 2.68. The van der Waals surface area contributed by atoms with Gasteiger partial charge in [-0.05, 0) is 42.4 Å². The number of nitrogens with two attached hydrogens (primary N) is 3. The van der Waals surface area contributed by atoms with Gasteiger partial charge >= 0.3 is 0 Å². The lowest BCUT2D eigenvalue weighted by Gasteiger charge is -2.09. The number of para-hydroxylation sites is 3. The van der Waals surface area contributed by atoms with E-state index in [-0.39, 0.29) is 11.6 Å². The molecule has 3 aromatic rings. The number of rotatable bonds is 4. The van der Waals surface area contributed by atoms with E-state index in [4.69, 9.17) is 11.5 Å². The molecule has 3 rings (SSSR count). The molecule has 3 aromatic carbocycles. The molecule has 140 valence electrons. The molecule has 0 amide bonds. The molecule has 8 N–H and O–H groups in total. The maximum atomic E-state index is 9.92. The van der Waals surface area contributed by atoms with Crippen molar-refractivity contribution in [3.63, 3.8) is 0 Å². The number of aromatic hydroxyl groups is 1. The second-order valence-electron chi connectivity index (χ2n) is 5.81. The molecule has 0 atom stereocenters. The number of benzene rings is 3. The second kappa shape index (κ2) is 9.96. The van der Waals surface area contributed by atoms with Crippen LogP contribution in [0.15, 0.2) is 77.8 Å². The number of hydrazine groups is 1. The van der Waals surface area contributed by atoms with Crippen molar-refractivity contribution in [1.29, 1.82) is 0 Å². The molecule has 0 aliphatic heterocycles. The fraction of sp³-hybridized carbons (Fsp3) is 0.0952. The maximum Gasteiger partial charge on any atom is 0.135 e. The molecule has 0 bridgehead atoms. The van der Waals surface area contributed by atoms with E-state index in [2.05, 4.69) is 16.3 Å². The van der Waals surface area contributed by atoms with Gasteiger partial charge in [0, 0.05) is 12.1 Å². The average molecular weight is 363 g/mol. The smallest absolute Gasteiger partial charge is 0.135 e. The first-order valence-corrected chi connectivity index (χ1v) is 8.48. The molecule has 0 fully saturated rings. The van der Waals surface area contributed by atoms with Gasteiger partial charge in [0.25, 0.3) is 0 Å². The van der Waals surface area contributed by atoms with Crippen LogP contribution in [-0.4, -0.2) is 18.0 Å². The fourth-order valence-corrected chi connectivity index (χ4v) is 2.55. The van der Waals surface area contributed by atoms with Gasteiger partial charge in [-0.1, -0.05) is 48.5 Å². The Labute approximate surface area is 159 Å². The largest absolute Gasteiger partial charge is 0.507 e. The molecule has 6 nitrogen and oxygen atoms in total. The number of aliphatic imine (C=N–C) groups is 1. The molecule has 0 unspecified atom stereocenters. The van der Waals surface area contributed by atoms with Crippen LogP contribution in [0, 0.1) is 0 Å². The van der Waals surface area contributed by atoms with Crippen LogP contribution in [-0.2, 0) is 6.42 Å². The number of hydrogen-bond acceptors (Lipinski definition) is 5. The average Bonchev–Trinajstić information content (AvgIpc) is 2.66. The number of phenolic OH excluding ortho intramolecular Hbond substituents is 1. The van der Waals surface area contributed by atoms with E-state index in [0.29, 0.717) is 12.0 Å². The van der Waals surface area contributed by atoms with Crippen LogP contribution in [0.1, 0.15) is 16.7 Å². The molecule has 0 radical (unpaired) electrons. The first-order valence-electron chi connectivity index (χ1n) is 8.48. The molecule has 0 saturated carbocycles. The van der Waals surface area contributed by atoms with Gasteiger partial charge in [0.1, 0.15) is 11.6 Å². The Hall–Kier alpha value is -3.35. The minimum Gasteiger partial charge on any atom is -0.507 e. The molecule has 0 saturated heterocycles. The van der Waals surface area contributed by atoms with Gasteiger partial charge in [0.05, 0.1) is 11.3 Å². The number of hydrogen-bond donors (Lipinski definition) is 5. The molecule has 0 aliphatic rings. The fourth-order valence-electron chi connectivity index (χ4n) is 2.55. The number of anilines is 1. The van der Waals surface area contributed by atoms with Gasteiger partial charge in [-0.3, -0.25) is 11.3 Å². The summed E-state index contributed by atoms with van der Waals surface area (Å²) < 4.78 is 0. The van der Waals surface area contributed by atoms with Gasteiger partial charge in [-0.2, -0.15) is 0 Å². The van der Waals surface area contributed by atoms with E-state index in [1.165, 1.54) is 0 Å². The Morgan fingerprint density at radius 2 is 1.48 bits per heavy atom. The third kappa shape index (κ3) is 5.57. The van der Waals surface area contributed by atoms with Crippen molar-refractivity contribution >= 4 is 17.2 Å². The molecular weight excluding hydrogens is 338 g/mol. The van der Waals surface area contributed by atoms with Crippen LogP contribution in [0.2, 0.25) is 0 Å². The number of nitrogens with one attached hydrogen (secondary N) is 1. The zero-order valence-electron chi connectivity index (χ0n) is 15.3. The standard InChI is InChI=1S/C20H19N3O.CH6N2/c21-17-10-4-1-7-14(17)13-15-8-2-5-11-18(15)23-20(22)16-9-3-6-12-19(16)24;1-3-2/h1-12,24H,13,21H2,(H2,22,23);3H,2H2,1H3. The lowest BCUT2D eigenvalue weighted by atomic mass is 10.0. The molecular formula is C21H25N5O. The third-order valence-electron chi connectivity index (χ3n) is 3.85. The summed E-state index contributed by atoms with van der Waals surface area (Å²) in [6, 6.07) is 22.4. The highest BCUT2D eigenvalue weighted by molar-refractivity contribution is 6.01. The first kappa shape index (κ1) is 20.0. The normalized spacial score (nSPS) is 10.8. The summed E-state index contributed by atoms with van der Waals surface area (Å²) in [5.74, 6) is 4.99. The van der Waals surface area contributed by atoms with Crippen molar-refractivity contribution in [2.24, 2.45) is 16.6 Å². The second-order valence-corrected chi connectivity index (χ2v) is 5.81. The Morgan fingerprint density at radius 3 is 2.15 bits per heavy atom. The third-order valence-corrected chi connectivity index (χ3v) is 3.85. The van der Waals surface area contributed by atoms with Gasteiger partial charge in [0.2, 0.25) is 0 Å². The predicted molar refractivity (Wildman–Crippen MR) is 112 cm³/mol. The van der Waals surface area contributed by atoms with Crippen molar-refractivity contribution in [2.45, 2.75) is 6.42 Å². The van der Waals surface area contributed by atoms with Crippen molar-refractivity contribution < 1.29 is 5.11 Å². The van der Waals surface area contributed by atoms with Gasteiger partial charge in [-0.15, -0.1) is 0 Å². The zero-order chi connectivity index (χ0) is 19.6. The number of nitrogen functional groups attached to an aromatic ring is 1. The molecule has 27 heavy (non-hydrogen) atoms. The van der Waals surface area contributed by atoms with E-state index in [0.717, 1.165) is 22.5 Å². The number of phenols is 1. The SMILES string of the molecule is CNN.NC(=Nc1ccccc1Cc1ccccc1N)c1ccccc1O. The summed E-state index contributed by atoms with van der Waals surface area (Å²) in [5, 5.41) is 9.92. The Kier molecular flexibility index (Phi) is 7.37. The summed E-state index contributed by atoms with van der Waals surface area (Å²) in [6.07, 6.45) is 0.667. The molecule has 0 aromatic heterocycles. The van der Waals surface area contributed by atoms with Crippen LogP contribution in [0.25, 0.3) is 0 Å². The van der Waals surface area contributed by atoms with Crippen molar-refractivity contribution in [3.8, 4) is 5.75 Å². The minimum atomic E-state index is 0.114. The van der Waals surface area contributed by atoms with Gasteiger partial charge in [0.15, 0.2) is 0 Å². The summed E-state index contributed by atoms with van der Waals surface area (Å²) in [7, 11) is 1.65. The van der Waals surface area contributed by atoms with Crippen molar-refractivity contribution in [2.75, 3.05) is 12.8 Å². The molecule has 0 heterocycles. The molecule has 0 spiro atoms. The van der Waals surface area contributed by atoms with E-state index >= 15 is 0 Å². The first-order chi connectivity index (χ1) is 13.1. The highest BCUT2D eigenvalue weighted by Crippen LogP contribution is 2.25. The summed E-state index contributed by atoms with van der Waals surface area (Å²) in [5.41, 5.74) is 18.5. The van der Waals surface area contributed by atoms with Crippen LogP contribution < -0.4 is 22.7 Å². The van der Waals surface area contributed by atoms with Crippen LogP contribution in [0.3, 0.4) is 0 Å². The van der Waals surface area contributed by atoms with E-state index in [1.54, 1.807) is 25.2 Å². The lowest BCUT2D eigenvalue weighted by molar-refractivity contribution is 0.474. The van der Waals surface area contributed by atoms with E-state index in [9.17, 15) is 5.11 Å². The molecule has 0 aliphatic carbocycles. The monoisotopic (exact) mass is 363 g/mol. The molecule has 6 heteroatoms. The Balaban J connectivity index is 0.000000817. The van der Waals surface area contributed by atoms with Crippen molar-refractivity contribution in [3.05, 3.63) is 89.5 Å². The highest BCUT2D eigenvalue weighted by Gasteiger charge is 2.08. The van der Waals surface area contributed by atoms with Gasteiger partial charge in [-0.25, -0.2) is 4.99 Å². The van der Waals surface area contributed by atoms with E-state index < -0.39 is 0 Å². The maximum absolute atomic E-state index is 9.92.